The van der Waals surface area contributed by atoms with Gasteiger partial charge < -0.3 is 15.8 Å². The molecule has 24 heavy (non-hydrogen) atoms. The molecule has 0 spiro atoms. The number of amides is 1. The van der Waals surface area contributed by atoms with Gasteiger partial charge in [-0.25, -0.2) is 0 Å². The van der Waals surface area contributed by atoms with E-state index in [0.29, 0.717) is 13.1 Å². The van der Waals surface area contributed by atoms with Crippen LogP contribution in [-0.2, 0) is 16.1 Å². The van der Waals surface area contributed by atoms with Gasteiger partial charge in [0.25, 0.3) is 0 Å². The molecule has 0 saturated heterocycles. The van der Waals surface area contributed by atoms with Crippen molar-refractivity contribution in [2.75, 3.05) is 13.7 Å². The average molecular weight is 367 g/mol. The van der Waals surface area contributed by atoms with Crippen LogP contribution in [0.4, 0.5) is 0 Å². The van der Waals surface area contributed by atoms with Crippen molar-refractivity contribution in [1.29, 1.82) is 0 Å². The maximum absolute atomic E-state index is 12.0. The highest BCUT2D eigenvalue weighted by atomic mass is 35.5. The van der Waals surface area contributed by atoms with Crippen LogP contribution < -0.4 is 11.1 Å². The van der Waals surface area contributed by atoms with Crippen LogP contribution in [-0.4, -0.2) is 25.7 Å². The molecular formula is C18H23ClN2O2S. The summed E-state index contributed by atoms with van der Waals surface area (Å²) in [7, 11) is 1.57. The number of nitrogens with two attached hydrogens (primary N) is 1. The van der Waals surface area contributed by atoms with Crippen LogP contribution in [0, 0.1) is 0 Å². The van der Waals surface area contributed by atoms with Gasteiger partial charge in [0.05, 0.1) is 12.5 Å². The number of hydrogen-bond acceptors (Lipinski definition) is 4. The van der Waals surface area contributed by atoms with Gasteiger partial charge in [-0.15, -0.1) is 12.4 Å². The molecule has 130 valence electrons. The Morgan fingerprint density at radius 1 is 1.17 bits per heavy atom. The van der Waals surface area contributed by atoms with Gasteiger partial charge in [-0.1, -0.05) is 48.2 Å². The van der Waals surface area contributed by atoms with E-state index in [1.54, 1.807) is 18.9 Å². The molecule has 0 radical (unpaired) electrons. The fourth-order valence-corrected chi connectivity index (χ4v) is 3.07. The molecule has 1 amide bonds. The summed E-state index contributed by atoms with van der Waals surface area (Å²) in [6, 6.07) is 18.3. The van der Waals surface area contributed by atoms with Crippen molar-refractivity contribution in [1.82, 2.24) is 5.32 Å². The van der Waals surface area contributed by atoms with Crippen LogP contribution in [0.5, 0.6) is 0 Å². The van der Waals surface area contributed by atoms with Gasteiger partial charge in [-0.3, -0.25) is 4.79 Å². The van der Waals surface area contributed by atoms with Crippen molar-refractivity contribution in [2.45, 2.75) is 28.9 Å². The third-order valence-electron chi connectivity index (χ3n) is 3.43. The summed E-state index contributed by atoms with van der Waals surface area (Å²) in [5, 5.41) is 2.94. The summed E-state index contributed by atoms with van der Waals surface area (Å²) in [5.74, 6) is -0.0539. The molecule has 0 fully saturated rings. The van der Waals surface area contributed by atoms with Crippen LogP contribution in [0.2, 0.25) is 0 Å². The maximum Gasteiger partial charge on any atom is 0.222 e. The minimum absolute atomic E-state index is 0. The highest BCUT2D eigenvalue weighted by Gasteiger charge is 2.12. The Balaban J connectivity index is 0.00000288. The van der Waals surface area contributed by atoms with E-state index in [0.717, 1.165) is 10.5 Å². The maximum atomic E-state index is 12.0. The molecule has 0 saturated carbocycles. The minimum Gasteiger partial charge on any atom is -0.380 e. The molecule has 3 N–H and O–H groups in total. The molecule has 0 heterocycles. The fourth-order valence-electron chi connectivity index (χ4n) is 2.10. The quantitative estimate of drug-likeness (QED) is 0.752. The summed E-state index contributed by atoms with van der Waals surface area (Å²) in [5.41, 5.74) is 6.63. The zero-order chi connectivity index (χ0) is 16.5. The normalized spacial score (nSPS) is 11.4. The minimum atomic E-state index is -0.232. The average Bonchev–Trinajstić information content (AvgIpc) is 2.60. The lowest BCUT2D eigenvalue weighted by molar-refractivity contribution is -0.123. The van der Waals surface area contributed by atoms with Gasteiger partial charge in [-0.2, -0.15) is 0 Å². The summed E-state index contributed by atoms with van der Waals surface area (Å²) in [6.07, 6.45) is 0.0463. The Morgan fingerprint density at radius 2 is 1.83 bits per heavy atom. The molecule has 2 rings (SSSR count). The highest BCUT2D eigenvalue weighted by molar-refractivity contribution is 7.99. The Labute approximate surface area is 153 Å². The zero-order valence-electron chi connectivity index (χ0n) is 13.6. The number of methoxy groups -OCH3 is 1. The van der Waals surface area contributed by atoms with Crippen molar-refractivity contribution in [2.24, 2.45) is 5.73 Å². The van der Waals surface area contributed by atoms with E-state index < -0.39 is 0 Å². The standard InChI is InChI=1S/C18H22N2O2S.ClH/c1-22-15(12-19)11-18(21)20-13-14-7-5-6-10-17(14)23-16-8-3-2-4-9-16;/h2-10,15H,11-13,19H2,1H3,(H,20,21);1H. The molecule has 1 unspecified atom stereocenters. The van der Waals surface area contributed by atoms with Crippen molar-refractivity contribution in [3.63, 3.8) is 0 Å². The molecule has 2 aromatic carbocycles. The first-order valence-electron chi connectivity index (χ1n) is 7.53. The summed E-state index contributed by atoms with van der Waals surface area (Å²) in [4.78, 5) is 14.3. The van der Waals surface area contributed by atoms with E-state index in [2.05, 4.69) is 23.5 Å². The predicted molar refractivity (Wildman–Crippen MR) is 101 cm³/mol. The number of carbonyl (C=O) groups excluding carboxylic acids is 1. The van der Waals surface area contributed by atoms with Crippen LogP contribution >= 0.6 is 24.2 Å². The van der Waals surface area contributed by atoms with Gasteiger partial charge in [0.15, 0.2) is 0 Å². The highest BCUT2D eigenvalue weighted by Crippen LogP contribution is 2.30. The molecule has 2 aromatic rings. The second kappa shape index (κ2) is 11.1. The molecule has 1 atom stereocenters. The van der Waals surface area contributed by atoms with Gasteiger partial charge in [0.1, 0.15) is 0 Å². The first-order chi connectivity index (χ1) is 11.2. The molecule has 0 aromatic heterocycles. The third kappa shape index (κ3) is 6.53. The van der Waals surface area contributed by atoms with Crippen LogP contribution in [0.25, 0.3) is 0 Å². The zero-order valence-corrected chi connectivity index (χ0v) is 15.2. The van der Waals surface area contributed by atoms with Crippen LogP contribution in [0.3, 0.4) is 0 Å². The Kier molecular flexibility index (Phi) is 9.49. The van der Waals surface area contributed by atoms with Gasteiger partial charge in [-0.05, 0) is 23.8 Å². The second-order valence-corrected chi connectivity index (χ2v) is 6.21. The van der Waals surface area contributed by atoms with E-state index in [1.165, 1.54) is 4.90 Å². The molecule has 0 aliphatic heterocycles. The summed E-state index contributed by atoms with van der Waals surface area (Å²) in [6.45, 7) is 0.834. The van der Waals surface area contributed by atoms with Crippen molar-refractivity contribution in [3.8, 4) is 0 Å². The summed E-state index contributed by atoms with van der Waals surface area (Å²) < 4.78 is 5.13. The number of rotatable bonds is 8. The van der Waals surface area contributed by atoms with Crippen LogP contribution in [0.15, 0.2) is 64.4 Å². The molecule has 0 aliphatic carbocycles. The van der Waals surface area contributed by atoms with E-state index in [4.69, 9.17) is 10.5 Å². The predicted octanol–water partition coefficient (Wildman–Crippen LogP) is 3.24. The van der Waals surface area contributed by atoms with Crippen LogP contribution in [0.1, 0.15) is 12.0 Å². The fraction of sp³-hybridized carbons (Fsp3) is 0.278. The van der Waals surface area contributed by atoms with E-state index in [9.17, 15) is 4.79 Å². The lowest BCUT2D eigenvalue weighted by Crippen LogP contribution is -2.32. The van der Waals surface area contributed by atoms with Crippen molar-refractivity contribution >= 4 is 30.1 Å². The van der Waals surface area contributed by atoms with Gasteiger partial charge in [0, 0.05) is 30.0 Å². The summed E-state index contributed by atoms with van der Waals surface area (Å²) >= 11 is 1.69. The second-order valence-electron chi connectivity index (χ2n) is 5.10. The molecule has 4 nitrogen and oxygen atoms in total. The lowest BCUT2D eigenvalue weighted by Gasteiger charge is -2.14. The number of benzene rings is 2. The smallest absolute Gasteiger partial charge is 0.222 e. The number of nitrogens with one attached hydrogen (secondary N) is 1. The van der Waals surface area contributed by atoms with E-state index in [1.807, 2.05) is 36.4 Å². The molecule has 6 heteroatoms. The molecular weight excluding hydrogens is 344 g/mol. The third-order valence-corrected chi connectivity index (χ3v) is 4.55. The van der Waals surface area contributed by atoms with E-state index >= 15 is 0 Å². The largest absolute Gasteiger partial charge is 0.380 e. The van der Waals surface area contributed by atoms with Crippen molar-refractivity contribution < 1.29 is 9.53 Å². The van der Waals surface area contributed by atoms with Gasteiger partial charge in [0.2, 0.25) is 5.91 Å². The topological polar surface area (TPSA) is 64.3 Å². The Morgan fingerprint density at radius 3 is 2.50 bits per heavy atom. The molecule has 0 aliphatic rings. The molecule has 0 bridgehead atoms. The number of hydrogen-bond donors (Lipinski definition) is 2. The lowest BCUT2D eigenvalue weighted by atomic mass is 10.2. The van der Waals surface area contributed by atoms with Crippen molar-refractivity contribution in [3.05, 3.63) is 60.2 Å². The first-order valence-corrected chi connectivity index (χ1v) is 8.35. The van der Waals surface area contributed by atoms with E-state index in [-0.39, 0.29) is 30.8 Å². The monoisotopic (exact) mass is 366 g/mol. The number of ether oxygens (including phenoxy) is 1. The number of carbonyl (C=O) groups is 1. The Hall–Kier alpha value is -1.53. The SMILES string of the molecule is COC(CN)CC(=O)NCc1ccccc1Sc1ccccc1.Cl. The first kappa shape index (κ1) is 20.5. The Bertz CT molecular complexity index is 621. The van der Waals surface area contributed by atoms with Gasteiger partial charge >= 0.3 is 0 Å². The number of halogens is 1.